The first kappa shape index (κ1) is 19.8. The number of rotatable bonds is 5. The van der Waals surface area contributed by atoms with Crippen molar-refractivity contribution in [2.24, 2.45) is 0 Å². The van der Waals surface area contributed by atoms with E-state index in [1.54, 1.807) is 13.8 Å². The van der Waals surface area contributed by atoms with Crippen LogP contribution in [0, 0.1) is 32.4 Å². The maximum absolute atomic E-state index is 14.0. The van der Waals surface area contributed by atoms with Gasteiger partial charge in [-0.25, -0.2) is 17.2 Å². The smallest absolute Gasteiger partial charge is 0.245 e. The van der Waals surface area contributed by atoms with Crippen LogP contribution in [0.25, 0.3) is 0 Å². The molecule has 0 bridgehead atoms. The van der Waals surface area contributed by atoms with Gasteiger partial charge in [-0.2, -0.15) is 0 Å². The van der Waals surface area contributed by atoms with Crippen molar-refractivity contribution in [1.82, 2.24) is 0 Å². The van der Waals surface area contributed by atoms with Gasteiger partial charge in [-0.1, -0.05) is 23.8 Å². The van der Waals surface area contributed by atoms with Crippen LogP contribution in [0.15, 0.2) is 30.3 Å². The summed E-state index contributed by atoms with van der Waals surface area (Å²) in [4.78, 5) is 12.4. The maximum atomic E-state index is 14.0. The van der Waals surface area contributed by atoms with Gasteiger partial charge in [0.25, 0.3) is 0 Å². The molecular weight excluding hydrogens is 362 g/mol. The molecule has 1 amide bonds. The molecule has 0 aliphatic rings. The van der Waals surface area contributed by atoms with Crippen LogP contribution in [0.4, 0.5) is 20.2 Å². The second-order valence-corrected chi connectivity index (χ2v) is 8.07. The van der Waals surface area contributed by atoms with E-state index in [1.807, 2.05) is 19.1 Å². The van der Waals surface area contributed by atoms with Crippen molar-refractivity contribution in [3.63, 3.8) is 0 Å². The van der Waals surface area contributed by atoms with Crippen molar-refractivity contribution in [1.29, 1.82) is 0 Å². The van der Waals surface area contributed by atoms with E-state index < -0.39 is 39.8 Å². The Morgan fingerprint density at radius 1 is 1.08 bits per heavy atom. The lowest BCUT2D eigenvalue weighted by Gasteiger charge is -2.23. The number of hydrogen-bond acceptors (Lipinski definition) is 3. The molecule has 2 rings (SSSR count). The molecule has 0 saturated carbocycles. The summed E-state index contributed by atoms with van der Waals surface area (Å²) in [7, 11) is -4.08. The fourth-order valence-electron chi connectivity index (χ4n) is 2.78. The van der Waals surface area contributed by atoms with Gasteiger partial charge in [0.15, 0.2) is 11.6 Å². The summed E-state index contributed by atoms with van der Waals surface area (Å²) in [6.45, 7) is 4.78. The summed E-state index contributed by atoms with van der Waals surface area (Å²) in [5.74, 6) is -2.83. The molecule has 1 N–H and O–H groups in total. The zero-order valence-electron chi connectivity index (χ0n) is 14.9. The van der Waals surface area contributed by atoms with E-state index >= 15 is 0 Å². The molecule has 140 valence electrons. The molecule has 8 heteroatoms. The lowest BCUT2D eigenvalue weighted by molar-refractivity contribution is -0.114. The third-order valence-electron chi connectivity index (χ3n) is 3.82. The maximum Gasteiger partial charge on any atom is 0.245 e. The van der Waals surface area contributed by atoms with Gasteiger partial charge in [0.1, 0.15) is 12.2 Å². The fourth-order valence-corrected chi connectivity index (χ4v) is 3.63. The standard InChI is InChI=1S/C18H20F2N2O3S/c1-11-8-12(2)17(13(3)9-11)21-16(23)10-22(26(4,24)25)18-14(19)6-5-7-15(18)20/h5-9H,10H2,1-4H3,(H,21,23). The zero-order valence-corrected chi connectivity index (χ0v) is 15.7. The normalized spacial score (nSPS) is 11.3. The van der Waals surface area contributed by atoms with Crippen molar-refractivity contribution in [2.45, 2.75) is 20.8 Å². The minimum absolute atomic E-state index is 0.422. The minimum atomic E-state index is -4.08. The first-order chi connectivity index (χ1) is 12.0. The van der Waals surface area contributed by atoms with Crippen molar-refractivity contribution < 1.29 is 22.0 Å². The highest BCUT2D eigenvalue weighted by Crippen LogP contribution is 2.26. The van der Waals surface area contributed by atoms with Gasteiger partial charge >= 0.3 is 0 Å². The average molecular weight is 382 g/mol. The number of aryl methyl sites for hydroxylation is 3. The molecule has 0 atom stereocenters. The molecule has 2 aromatic carbocycles. The van der Waals surface area contributed by atoms with Crippen LogP contribution < -0.4 is 9.62 Å². The lowest BCUT2D eigenvalue weighted by atomic mass is 10.1. The SMILES string of the molecule is Cc1cc(C)c(NC(=O)CN(c2c(F)cccc2F)S(C)(=O)=O)c(C)c1. The summed E-state index contributed by atoms with van der Waals surface area (Å²) >= 11 is 0. The Balaban J connectivity index is 2.35. The number of benzene rings is 2. The molecule has 0 aliphatic carbocycles. The number of carbonyl (C=O) groups is 1. The van der Waals surface area contributed by atoms with Crippen LogP contribution in [-0.2, 0) is 14.8 Å². The molecule has 26 heavy (non-hydrogen) atoms. The Bertz CT molecular complexity index is 916. The second-order valence-electron chi connectivity index (χ2n) is 6.16. The number of amides is 1. The number of nitrogens with zero attached hydrogens (tertiary/aromatic N) is 1. The Morgan fingerprint density at radius 2 is 1.58 bits per heavy atom. The van der Waals surface area contributed by atoms with Gasteiger partial charge in [-0.3, -0.25) is 9.10 Å². The topological polar surface area (TPSA) is 66.5 Å². The number of hydrogen-bond donors (Lipinski definition) is 1. The monoisotopic (exact) mass is 382 g/mol. The molecule has 0 aromatic heterocycles. The molecule has 0 fully saturated rings. The highest BCUT2D eigenvalue weighted by molar-refractivity contribution is 7.92. The molecular formula is C18H20F2N2O3S. The van der Waals surface area contributed by atoms with Gasteiger partial charge in [-0.15, -0.1) is 0 Å². The summed E-state index contributed by atoms with van der Waals surface area (Å²) < 4.78 is 52.5. The van der Waals surface area contributed by atoms with Crippen LogP contribution in [0.3, 0.4) is 0 Å². The van der Waals surface area contributed by atoms with E-state index in [2.05, 4.69) is 5.32 Å². The van der Waals surface area contributed by atoms with Crippen molar-refractivity contribution in [3.8, 4) is 0 Å². The molecule has 0 spiro atoms. The van der Waals surface area contributed by atoms with Crippen molar-refractivity contribution >= 4 is 27.3 Å². The molecule has 0 aliphatic heterocycles. The zero-order chi connectivity index (χ0) is 19.6. The van der Waals surface area contributed by atoms with E-state index in [4.69, 9.17) is 0 Å². The van der Waals surface area contributed by atoms with E-state index in [1.165, 1.54) is 0 Å². The predicted molar refractivity (Wildman–Crippen MR) is 97.8 cm³/mol. The Hall–Kier alpha value is -2.48. The molecule has 0 radical (unpaired) electrons. The number of sulfonamides is 1. The second kappa shape index (κ2) is 7.41. The van der Waals surface area contributed by atoms with E-state index in [0.29, 0.717) is 9.99 Å². The summed E-state index contributed by atoms with van der Waals surface area (Å²) in [6.07, 6.45) is 0.786. The number of halogens is 2. The first-order valence-corrected chi connectivity index (χ1v) is 9.65. The molecule has 0 saturated heterocycles. The number of anilines is 2. The number of carbonyl (C=O) groups excluding carboxylic acids is 1. The lowest BCUT2D eigenvalue weighted by Crippen LogP contribution is -2.38. The van der Waals surface area contributed by atoms with E-state index in [-0.39, 0.29) is 0 Å². The third kappa shape index (κ3) is 4.37. The first-order valence-electron chi connectivity index (χ1n) is 7.80. The van der Waals surface area contributed by atoms with Gasteiger partial charge in [0.2, 0.25) is 15.9 Å². The third-order valence-corrected chi connectivity index (χ3v) is 4.93. The number of nitrogens with one attached hydrogen (secondary N) is 1. The molecule has 0 unspecified atom stereocenters. The van der Waals surface area contributed by atoms with Gasteiger partial charge in [0, 0.05) is 5.69 Å². The quantitative estimate of drug-likeness (QED) is 0.863. The summed E-state index contributed by atoms with van der Waals surface area (Å²) in [5.41, 5.74) is 2.40. The van der Waals surface area contributed by atoms with E-state index in [9.17, 15) is 22.0 Å². The van der Waals surface area contributed by atoms with Crippen molar-refractivity contribution in [3.05, 3.63) is 58.7 Å². The largest absolute Gasteiger partial charge is 0.324 e. The number of para-hydroxylation sites is 1. The van der Waals surface area contributed by atoms with Gasteiger partial charge < -0.3 is 5.32 Å². The van der Waals surface area contributed by atoms with E-state index in [0.717, 1.165) is 41.1 Å². The minimum Gasteiger partial charge on any atom is -0.324 e. The van der Waals surface area contributed by atoms with Crippen LogP contribution in [-0.4, -0.2) is 27.1 Å². The predicted octanol–water partition coefficient (Wildman–Crippen LogP) is 3.29. The van der Waals surface area contributed by atoms with Crippen LogP contribution in [0.5, 0.6) is 0 Å². The highest BCUT2D eigenvalue weighted by Gasteiger charge is 2.27. The Labute approximate surface area is 151 Å². The van der Waals surface area contributed by atoms with Gasteiger partial charge in [0.05, 0.1) is 6.26 Å². The van der Waals surface area contributed by atoms with Crippen LogP contribution in [0.2, 0.25) is 0 Å². The molecule has 5 nitrogen and oxygen atoms in total. The molecule has 2 aromatic rings. The van der Waals surface area contributed by atoms with Gasteiger partial charge in [-0.05, 0) is 44.0 Å². The Kier molecular flexibility index (Phi) is 5.65. The fraction of sp³-hybridized carbons (Fsp3) is 0.278. The highest BCUT2D eigenvalue weighted by atomic mass is 32.2. The van der Waals surface area contributed by atoms with Crippen LogP contribution >= 0.6 is 0 Å². The summed E-state index contributed by atoms with van der Waals surface area (Å²) in [6, 6.07) is 6.72. The Morgan fingerprint density at radius 3 is 2.04 bits per heavy atom. The summed E-state index contributed by atoms with van der Waals surface area (Å²) in [5, 5.41) is 2.63. The average Bonchev–Trinajstić information content (AvgIpc) is 2.48. The van der Waals surface area contributed by atoms with Crippen LogP contribution in [0.1, 0.15) is 16.7 Å². The van der Waals surface area contributed by atoms with Crippen molar-refractivity contribution in [2.75, 3.05) is 22.4 Å². The molecule has 0 heterocycles.